The lowest BCUT2D eigenvalue weighted by molar-refractivity contribution is 0.414. The number of rotatable bonds is 7. The van der Waals surface area contributed by atoms with Crippen LogP contribution < -0.4 is 15.4 Å². The molecule has 0 spiro atoms. The summed E-state index contributed by atoms with van der Waals surface area (Å²) in [6, 6.07) is 16.9. The number of methoxy groups -OCH3 is 1. The van der Waals surface area contributed by atoms with Crippen LogP contribution in [-0.4, -0.2) is 32.7 Å². The molecule has 1 atom stereocenters. The summed E-state index contributed by atoms with van der Waals surface area (Å²) >= 11 is 0. The zero-order valence-corrected chi connectivity index (χ0v) is 15.1. The fraction of sp³-hybridized carbons (Fsp3) is 0.381. The standard InChI is InChI=1S/C21H27N3O/c1-3-22-21(23-13-12-16-8-10-19(25-2)11-9-16)24-15-18-14-17-6-4-5-7-20(17)18/h4-11,18H,3,12-15H2,1-2H3,(H2,22,23,24). The maximum atomic E-state index is 5.19. The van der Waals surface area contributed by atoms with E-state index in [1.165, 1.54) is 16.7 Å². The van der Waals surface area contributed by atoms with E-state index in [0.717, 1.165) is 44.2 Å². The topological polar surface area (TPSA) is 45.7 Å². The fourth-order valence-corrected chi connectivity index (χ4v) is 3.19. The molecular weight excluding hydrogens is 310 g/mol. The number of nitrogens with zero attached hydrogens (tertiary/aromatic N) is 1. The third-order valence-corrected chi connectivity index (χ3v) is 4.64. The van der Waals surface area contributed by atoms with Crippen molar-refractivity contribution < 1.29 is 4.74 Å². The van der Waals surface area contributed by atoms with E-state index in [2.05, 4.69) is 54.0 Å². The molecule has 0 heterocycles. The molecule has 0 aliphatic heterocycles. The Morgan fingerprint density at radius 2 is 1.92 bits per heavy atom. The van der Waals surface area contributed by atoms with Crippen LogP contribution in [0.1, 0.15) is 29.5 Å². The van der Waals surface area contributed by atoms with Crippen molar-refractivity contribution in [2.24, 2.45) is 4.99 Å². The van der Waals surface area contributed by atoms with Crippen LogP contribution in [0.5, 0.6) is 5.75 Å². The van der Waals surface area contributed by atoms with Gasteiger partial charge in [0.25, 0.3) is 0 Å². The third kappa shape index (κ3) is 4.53. The van der Waals surface area contributed by atoms with Crippen molar-refractivity contribution >= 4 is 5.96 Å². The number of ether oxygens (including phenoxy) is 1. The Hall–Kier alpha value is -2.49. The minimum Gasteiger partial charge on any atom is -0.497 e. The summed E-state index contributed by atoms with van der Waals surface area (Å²) in [5, 5.41) is 6.77. The van der Waals surface area contributed by atoms with Crippen molar-refractivity contribution in [1.29, 1.82) is 0 Å². The number of fused-ring (bicyclic) bond motifs is 1. The van der Waals surface area contributed by atoms with Gasteiger partial charge in [0, 0.05) is 25.6 Å². The van der Waals surface area contributed by atoms with Gasteiger partial charge in [-0.2, -0.15) is 0 Å². The molecule has 1 aliphatic carbocycles. The van der Waals surface area contributed by atoms with Gasteiger partial charge < -0.3 is 15.4 Å². The number of hydrogen-bond donors (Lipinski definition) is 2. The molecule has 0 bridgehead atoms. The molecule has 0 saturated heterocycles. The van der Waals surface area contributed by atoms with Gasteiger partial charge in [0.05, 0.1) is 7.11 Å². The number of benzene rings is 2. The van der Waals surface area contributed by atoms with Crippen LogP contribution in [0.4, 0.5) is 0 Å². The third-order valence-electron chi connectivity index (χ3n) is 4.64. The second-order valence-corrected chi connectivity index (χ2v) is 6.34. The average Bonchev–Trinajstić information content (AvgIpc) is 2.63. The maximum absolute atomic E-state index is 5.19. The van der Waals surface area contributed by atoms with Crippen molar-refractivity contribution in [2.75, 3.05) is 26.7 Å². The first-order chi connectivity index (χ1) is 12.3. The Morgan fingerprint density at radius 3 is 2.64 bits per heavy atom. The smallest absolute Gasteiger partial charge is 0.191 e. The Bertz CT molecular complexity index is 709. The Kier molecular flexibility index (Phi) is 5.94. The highest BCUT2D eigenvalue weighted by Gasteiger charge is 2.24. The second-order valence-electron chi connectivity index (χ2n) is 6.34. The molecule has 132 valence electrons. The van der Waals surface area contributed by atoms with E-state index in [9.17, 15) is 0 Å². The molecular formula is C21H27N3O. The Morgan fingerprint density at radius 1 is 1.12 bits per heavy atom. The molecule has 1 unspecified atom stereocenters. The van der Waals surface area contributed by atoms with Gasteiger partial charge in [-0.1, -0.05) is 36.4 Å². The molecule has 0 aromatic heterocycles. The van der Waals surface area contributed by atoms with E-state index in [1.807, 2.05) is 12.1 Å². The predicted molar refractivity (Wildman–Crippen MR) is 104 cm³/mol. The average molecular weight is 337 g/mol. The molecule has 1 aliphatic rings. The van der Waals surface area contributed by atoms with Gasteiger partial charge in [-0.15, -0.1) is 0 Å². The summed E-state index contributed by atoms with van der Waals surface area (Å²) < 4.78 is 5.19. The van der Waals surface area contributed by atoms with E-state index in [0.29, 0.717) is 5.92 Å². The minimum absolute atomic E-state index is 0.563. The summed E-state index contributed by atoms with van der Waals surface area (Å²) in [4.78, 5) is 4.77. The lowest BCUT2D eigenvalue weighted by Crippen LogP contribution is -2.39. The van der Waals surface area contributed by atoms with Gasteiger partial charge in [-0.25, -0.2) is 0 Å². The van der Waals surface area contributed by atoms with Crippen LogP contribution in [0.15, 0.2) is 53.5 Å². The highest BCUT2D eigenvalue weighted by Crippen LogP contribution is 2.34. The first-order valence-electron chi connectivity index (χ1n) is 9.03. The molecule has 2 aromatic carbocycles. The number of nitrogens with one attached hydrogen (secondary N) is 2. The Balaban J connectivity index is 1.49. The van der Waals surface area contributed by atoms with Crippen LogP contribution in [0, 0.1) is 0 Å². The Labute approximate surface area is 150 Å². The monoisotopic (exact) mass is 337 g/mol. The second kappa shape index (κ2) is 8.56. The van der Waals surface area contributed by atoms with Gasteiger partial charge >= 0.3 is 0 Å². The molecule has 3 rings (SSSR count). The molecule has 0 radical (unpaired) electrons. The summed E-state index contributed by atoms with van der Waals surface area (Å²) in [5.74, 6) is 2.36. The maximum Gasteiger partial charge on any atom is 0.191 e. The van der Waals surface area contributed by atoms with Gasteiger partial charge in [0.1, 0.15) is 5.75 Å². The number of hydrogen-bond acceptors (Lipinski definition) is 2. The summed E-state index contributed by atoms with van der Waals surface area (Å²) in [6.07, 6.45) is 2.10. The lowest BCUT2D eigenvalue weighted by atomic mass is 9.78. The van der Waals surface area contributed by atoms with Gasteiger partial charge in [-0.05, 0) is 48.6 Å². The van der Waals surface area contributed by atoms with Crippen molar-refractivity contribution in [3.63, 3.8) is 0 Å². The number of guanidine groups is 1. The normalized spacial score (nSPS) is 15.9. The largest absolute Gasteiger partial charge is 0.497 e. The highest BCUT2D eigenvalue weighted by molar-refractivity contribution is 5.79. The lowest BCUT2D eigenvalue weighted by Gasteiger charge is -2.28. The molecule has 2 N–H and O–H groups in total. The molecule has 0 amide bonds. The summed E-state index contributed by atoms with van der Waals surface area (Å²) in [6.45, 7) is 4.67. The SMILES string of the molecule is CCNC(=NCC1Cc2ccccc21)NCCc1ccc(OC)cc1. The van der Waals surface area contributed by atoms with Gasteiger partial charge in [0.15, 0.2) is 5.96 Å². The van der Waals surface area contributed by atoms with Crippen LogP contribution in [0.25, 0.3) is 0 Å². The van der Waals surface area contributed by atoms with Gasteiger partial charge in [-0.3, -0.25) is 4.99 Å². The van der Waals surface area contributed by atoms with E-state index < -0.39 is 0 Å². The van der Waals surface area contributed by atoms with Crippen LogP contribution in [0.2, 0.25) is 0 Å². The van der Waals surface area contributed by atoms with Crippen molar-refractivity contribution in [3.8, 4) is 5.75 Å². The molecule has 4 heteroatoms. The van der Waals surface area contributed by atoms with Crippen molar-refractivity contribution in [3.05, 3.63) is 65.2 Å². The zero-order valence-electron chi connectivity index (χ0n) is 15.1. The molecule has 4 nitrogen and oxygen atoms in total. The van der Waals surface area contributed by atoms with E-state index >= 15 is 0 Å². The molecule has 2 aromatic rings. The molecule has 0 fully saturated rings. The van der Waals surface area contributed by atoms with Crippen LogP contribution in [-0.2, 0) is 12.8 Å². The predicted octanol–water partition coefficient (Wildman–Crippen LogP) is 3.13. The first-order valence-corrected chi connectivity index (χ1v) is 9.03. The van der Waals surface area contributed by atoms with Gasteiger partial charge in [0.2, 0.25) is 0 Å². The molecule has 25 heavy (non-hydrogen) atoms. The molecule has 0 saturated carbocycles. The van der Waals surface area contributed by atoms with Crippen molar-refractivity contribution in [2.45, 2.75) is 25.7 Å². The highest BCUT2D eigenvalue weighted by atomic mass is 16.5. The van der Waals surface area contributed by atoms with E-state index in [4.69, 9.17) is 9.73 Å². The summed E-state index contributed by atoms with van der Waals surface area (Å²) in [5.41, 5.74) is 4.22. The summed E-state index contributed by atoms with van der Waals surface area (Å²) in [7, 11) is 1.69. The van der Waals surface area contributed by atoms with E-state index in [1.54, 1.807) is 7.11 Å². The number of aliphatic imine (C=N–C) groups is 1. The first kappa shape index (κ1) is 17.3. The van der Waals surface area contributed by atoms with Crippen LogP contribution in [0.3, 0.4) is 0 Å². The van der Waals surface area contributed by atoms with Crippen LogP contribution >= 0.6 is 0 Å². The van der Waals surface area contributed by atoms with Crippen molar-refractivity contribution in [1.82, 2.24) is 10.6 Å². The zero-order chi connectivity index (χ0) is 17.5. The quantitative estimate of drug-likeness (QED) is 0.603. The fourth-order valence-electron chi connectivity index (χ4n) is 3.19. The minimum atomic E-state index is 0.563. The van der Waals surface area contributed by atoms with E-state index in [-0.39, 0.29) is 0 Å².